The van der Waals surface area contributed by atoms with Gasteiger partial charge in [0.2, 0.25) is 0 Å². The quantitative estimate of drug-likeness (QED) is 0.934. The minimum absolute atomic E-state index is 0.164. The van der Waals surface area contributed by atoms with E-state index in [4.69, 9.17) is 5.73 Å². The summed E-state index contributed by atoms with van der Waals surface area (Å²) in [7, 11) is 0. The maximum absolute atomic E-state index is 14.0. The molecule has 24 heavy (non-hydrogen) atoms. The van der Waals surface area contributed by atoms with Crippen molar-refractivity contribution in [2.45, 2.75) is 31.7 Å². The van der Waals surface area contributed by atoms with Crippen molar-refractivity contribution in [3.05, 3.63) is 70.8 Å². The SMILES string of the molecule is CCC(C(=O)/N=C1\Cc2ccccc2[C@@H]1N)c1ccc(F)cc1F. The lowest BCUT2D eigenvalue weighted by molar-refractivity contribution is -0.119. The Hall–Kier alpha value is -2.40. The summed E-state index contributed by atoms with van der Waals surface area (Å²) in [5.74, 6) is -2.58. The van der Waals surface area contributed by atoms with Gasteiger partial charge in [0.1, 0.15) is 11.6 Å². The van der Waals surface area contributed by atoms with E-state index in [2.05, 4.69) is 4.99 Å². The highest BCUT2D eigenvalue weighted by Crippen LogP contribution is 2.29. The van der Waals surface area contributed by atoms with Crippen molar-refractivity contribution in [3.63, 3.8) is 0 Å². The van der Waals surface area contributed by atoms with Crippen LogP contribution in [0.5, 0.6) is 0 Å². The lowest BCUT2D eigenvalue weighted by Crippen LogP contribution is -2.20. The Bertz CT molecular complexity index is 817. The second-order valence-electron chi connectivity index (χ2n) is 5.92. The molecule has 1 amide bonds. The van der Waals surface area contributed by atoms with Gasteiger partial charge in [-0.2, -0.15) is 0 Å². The van der Waals surface area contributed by atoms with E-state index in [1.807, 2.05) is 24.3 Å². The third kappa shape index (κ3) is 2.99. The van der Waals surface area contributed by atoms with Crippen LogP contribution in [0, 0.1) is 11.6 Å². The highest BCUT2D eigenvalue weighted by atomic mass is 19.1. The maximum Gasteiger partial charge on any atom is 0.253 e. The molecule has 0 heterocycles. The predicted molar refractivity (Wildman–Crippen MR) is 88.9 cm³/mol. The standard InChI is InChI=1S/C19H18F2N2O/c1-2-13(15-8-7-12(20)10-16(15)21)19(24)23-17-9-11-5-3-4-6-14(11)18(17)22/h3-8,10,13,18H,2,9,22H2,1H3/b23-17+/t13?,18-/m0/s1. The molecule has 1 unspecified atom stereocenters. The summed E-state index contributed by atoms with van der Waals surface area (Å²) in [6.07, 6.45) is 0.895. The molecule has 0 radical (unpaired) electrons. The van der Waals surface area contributed by atoms with Crippen molar-refractivity contribution in [2.75, 3.05) is 0 Å². The summed E-state index contributed by atoms with van der Waals surface area (Å²) in [6, 6.07) is 10.5. The molecule has 2 aromatic carbocycles. The summed E-state index contributed by atoms with van der Waals surface area (Å²) in [5.41, 5.74) is 8.93. The molecule has 124 valence electrons. The van der Waals surface area contributed by atoms with Crippen molar-refractivity contribution >= 4 is 11.6 Å². The molecule has 2 N–H and O–H groups in total. The molecular formula is C19H18F2N2O. The van der Waals surface area contributed by atoms with E-state index in [-0.39, 0.29) is 5.56 Å². The van der Waals surface area contributed by atoms with Gasteiger partial charge in [0.05, 0.1) is 12.0 Å². The van der Waals surface area contributed by atoms with Gasteiger partial charge in [-0.05, 0) is 23.6 Å². The molecule has 1 aliphatic rings. The molecule has 0 spiro atoms. The van der Waals surface area contributed by atoms with Gasteiger partial charge in [-0.15, -0.1) is 0 Å². The number of carbonyl (C=O) groups excluding carboxylic acids is 1. The minimum atomic E-state index is -0.742. The van der Waals surface area contributed by atoms with Gasteiger partial charge in [-0.3, -0.25) is 4.79 Å². The van der Waals surface area contributed by atoms with Crippen LogP contribution in [-0.2, 0) is 11.2 Å². The fourth-order valence-electron chi connectivity index (χ4n) is 3.12. The number of hydrogen-bond acceptors (Lipinski definition) is 2. The van der Waals surface area contributed by atoms with Crippen LogP contribution in [-0.4, -0.2) is 11.6 Å². The number of fused-ring (bicyclic) bond motifs is 1. The first-order valence-corrected chi connectivity index (χ1v) is 7.91. The largest absolute Gasteiger partial charge is 0.319 e. The molecule has 5 heteroatoms. The second-order valence-corrected chi connectivity index (χ2v) is 5.92. The van der Waals surface area contributed by atoms with Crippen molar-refractivity contribution in [2.24, 2.45) is 10.7 Å². The fourth-order valence-corrected chi connectivity index (χ4v) is 3.12. The van der Waals surface area contributed by atoms with Crippen molar-refractivity contribution < 1.29 is 13.6 Å². The number of rotatable bonds is 3. The van der Waals surface area contributed by atoms with Gasteiger partial charge >= 0.3 is 0 Å². The topological polar surface area (TPSA) is 55.5 Å². The normalized spacial score (nSPS) is 19.3. The molecule has 0 fully saturated rings. The van der Waals surface area contributed by atoms with Gasteiger partial charge in [-0.1, -0.05) is 37.3 Å². The summed E-state index contributed by atoms with van der Waals surface area (Å²) in [4.78, 5) is 16.7. The van der Waals surface area contributed by atoms with Crippen LogP contribution < -0.4 is 5.73 Å². The van der Waals surface area contributed by atoms with E-state index in [1.54, 1.807) is 6.92 Å². The zero-order valence-corrected chi connectivity index (χ0v) is 13.3. The van der Waals surface area contributed by atoms with Gasteiger partial charge in [0.25, 0.3) is 5.91 Å². The molecule has 3 rings (SSSR count). The summed E-state index contributed by atoms with van der Waals surface area (Å²) < 4.78 is 27.1. The van der Waals surface area contributed by atoms with E-state index < -0.39 is 29.5 Å². The Morgan fingerprint density at radius 3 is 2.71 bits per heavy atom. The molecule has 0 saturated carbocycles. The van der Waals surface area contributed by atoms with Gasteiger partial charge in [0.15, 0.2) is 0 Å². The van der Waals surface area contributed by atoms with Gasteiger partial charge in [0, 0.05) is 23.8 Å². The van der Waals surface area contributed by atoms with Crippen molar-refractivity contribution in [1.82, 2.24) is 0 Å². The first-order valence-electron chi connectivity index (χ1n) is 7.91. The van der Waals surface area contributed by atoms with Gasteiger partial charge in [-0.25, -0.2) is 13.8 Å². The lowest BCUT2D eigenvalue weighted by Gasteiger charge is -2.14. The predicted octanol–water partition coefficient (Wildman–Crippen LogP) is 3.68. The van der Waals surface area contributed by atoms with E-state index >= 15 is 0 Å². The summed E-state index contributed by atoms with van der Waals surface area (Å²) in [6.45, 7) is 1.77. The van der Waals surface area contributed by atoms with Crippen LogP contribution in [0.4, 0.5) is 8.78 Å². The van der Waals surface area contributed by atoms with Crippen LogP contribution in [0.3, 0.4) is 0 Å². The van der Waals surface area contributed by atoms with E-state index in [0.717, 1.165) is 23.3 Å². The van der Waals surface area contributed by atoms with Gasteiger partial charge < -0.3 is 5.73 Å². The number of amides is 1. The average molecular weight is 328 g/mol. The number of carbonyl (C=O) groups is 1. The van der Waals surface area contributed by atoms with Crippen molar-refractivity contribution in [3.8, 4) is 0 Å². The van der Waals surface area contributed by atoms with E-state index in [0.29, 0.717) is 18.6 Å². The first kappa shape index (κ1) is 16.5. The molecular weight excluding hydrogens is 310 g/mol. The number of aliphatic imine (C=N–C) groups is 1. The molecule has 0 aliphatic heterocycles. The minimum Gasteiger partial charge on any atom is -0.319 e. The van der Waals surface area contributed by atoms with Crippen LogP contribution in [0.25, 0.3) is 0 Å². The molecule has 0 aromatic heterocycles. The Morgan fingerprint density at radius 2 is 2.04 bits per heavy atom. The molecule has 0 bridgehead atoms. The third-order valence-corrected chi connectivity index (χ3v) is 4.42. The third-order valence-electron chi connectivity index (χ3n) is 4.42. The molecule has 1 aliphatic carbocycles. The average Bonchev–Trinajstić information content (AvgIpc) is 2.87. The maximum atomic E-state index is 14.0. The molecule has 2 atom stereocenters. The number of halogens is 2. The molecule has 3 nitrogen and oxygen atoms in total. The second kappa shape index (κ2) is 6.61. The highest BCUT2D eigenvalue weighted by Gasteiger charge is 2.28. The van der Waals surface area contributed by atoms with E-state index in [1.165, 1.54) is 6.07 Å². The van der Waals surface area contributed by atoms with Crippen LogP contribution in [0.2, 0.25) is 0 Å². The molecule has 0 saturated heterocycles. The number of nitrogens with zero attached hydrogens (tertiary/aromatic N) is 1. The Kier molecular flexibility index (Phi) is 4.53. The molecule has 2 aromatic rings. The zero-order chi connectivity index (χ0) is 17.3. The number of nitrogens with two attached hydrogens (primary N) is 1. The summed E-state index contributed by atoms with van der Waals surface area (Å²) in [5, 5.41) is 0. The fraction of sp³-hybridized carbons (Fsp3) is 0.263. The zero-order valence-electron chi connectivity index (χ0n) is 13.3. The lowest BCUT2D eigenvalue weighted by atomic mass is 9.95. The number of benzene rings is 2. The summed E-state index contributed by atoms with van der Waals surface area (Å²) >= 11 is 0. The first-order chi connectivity index (χ1) is 11.5. The Balaban J connectivity index is 1.88. The smallest absolute Gasteiger partial charge is 0.253 e. The monoisotopic (exact) mass is 328 g/mol. The highest BCUT2D eigenvalue weighted by molar-refractivity contribution is 6.04. The Labute approximate surface area is 139 Å². The number of hydrogen-bond donors (Lipinski definition) is 1. The van der Waals surface area contributed by atoms with Crippen molar-refractivity contribution in [1.29, 1.82) is 0 Å². The van der Waals surface area contributed by atoms with Crippen LogP contribution in [0.15, 0.2) is 47.5 Å². The van der Waals surface area contributed by atoms with Crippen LogP contribution in [0.1, 0.15) is 42.0 Å². The van der Waals surface area contributed by atoms with E-state index in [9.17, 15) is 13.6 Å². The Morgan fingerprint density at radius 1 is 1.29 bits per heavy atom. The van der Waals surface area contributed by atoms with Crippen LogP contribution >= 0.6 is 0 Å².